The van der Waals surface area contributed by atoms with Crippen molar-refractivity contribution in [3.63, 3.8) is 0 Å². The van der Waals surface area contributed by atoms with Crippen LogP contribution < -0.4 is 0 Å². The van der Waals surface area contributed by atoms with E-state index in [-0.39, 0.29) is 17.3 Å². The Hall–Kier alpha value is -2.80. The van der Waals surface area contributed by atoms with E-state index in [4.69, 9.17) is 4.74 Å². The number of rotatable bonds is 3. The molecule has 0 aliphatic carbocycles. The highest BCUT2D eigenvalue weighted by Gasteiger charge is 2.26. The van der Waals surface area contributed by atoms with Gasteiger partial charge in [-0.25, -0.2) is 9.79 Å². The number of nitro groups is 1. The minimum atomic E-state index is -0.645. The standard InChI is InChI=1S/C16H9BrN2O4/c17-12-7-3-2-6-11(12)15-18-13(16(20)23-15)9-10-5-1-4-8-14(10)19(21)22/h1-9H/b13-9+. The van der Waals surface area contributed by atoms with E-state index in [2.05, 4.69) is 20.9 Å². The van der Waals surface area contributed by atoms with Crippen LogP contribution in [0.4, 0.5) is 5.69 Å². The molecule has 23 heavy (non-hydrogen) atoms. The van der Waals surface area contributed by atoms with Gasteiger partial charge in [-0.05, 0) is 40.2 Å². The van der Waals surface area contributed by atoms with Crippen molar-refractivity contribution in [1.82, 2.24) is 0 Å². The van der Waals surface area contributed by atoms with Gasteiger partial charge in [0.2, 0.25) is 5.90 Å². The molecule has 0 saturated heterocycles. The number of para-hydroxylation sites is 1. The predicted octanol–water partition coefficient (Wildman–Crippen LogP) is 3.70. The van der Waals surface area contributed by atoms with Crippen molar-refractivity contribution in [2.24, 2.45) is 4.99 Å². The molecule has 1 aliphatic rings. The fourth-order valence-corrected chi connectivity index (χ4v) is 2.54. The monoisotopic (exact) mass is 372 g/mol. The maximum atomic E-state index is 12.0. The first kappa shape index (κ1) is 15.1. The van der Waals surface area contributed by atoms with Crippen LogP contribution in [0.2, 0.25) is 0 Å². The summed E-state index contributed by atoms with van der Waals surface area (Å²) in [7, 11) is 0. The number of carbonyl (C=O) groups excluding carboxylic acids is 1. The van der Waals surface area contributed by atoms with Crippen LogP contribution in [0.5, 0.6) is 0 Å². The summed E-state index contributed by atoms with van der Waals surface area (Å²) in [5.74, 6) is -0.485. The third-order valence-electron chi connectivity index (χ3n) is 3.15. The van der Waals surface area contributed by atoms with Gasteiger partial charge in [-0.1, -0.05) is 24.3 Å². The van der Waals surface area contributed by atoms with Crippen LogP contribution in [0.15, 0.2) is 63.7 Å². The van der Waals surface area contributed by atoms with Crippen LogP contribution in [0.25, 0.3) is 6.08 Å². The van der Waals surface area contributed by atoms with Crippen molar-refractivity contribution in [3.8, 4) is 0 Å². The molecule has 0 spiro atoms. The van der Waals surface area contributed by atoms with Gasteiger partial charge in [-0.15, -0.1) is 0 Å². The molecule has 0 fully saturated rings. The van der Waals surface area contributed by atoms with Crippen LogP contribution in [0, 0.1) is 10.1 Å². The normalized spacial score (nSPS) is 15.4. The summed E-state index contributed by atoms with van der Waals surface area (Å²) in [5, 5.41) is 11.0. The van der Waals surface area contributed by atoms with Crippen LogP contribution in [0.1, 0.15) is 11.1 Å². The molecule has 1 aliphatic heterocycles. The topological polar surface area (TPSA) is 81.8 Å². The summed E-state index contributed by atoms with van der Waals surface area (Å²) in [5.41, 5.74) is 0.843. The summed E-state index contributed by atoms with van der Waals surface area (Å²) < 4.78 is 5.89. The lowest BCUT2D eigenvalue weighted by Gasteiger charge is -2.01. The third-order valence-corrected chi connectivity index (χ3v) is 3.84. The Morgan fingerprint density at radius 1 is 1.13 bits per heavy atom. The first-order chi connectivity index (χ1) is 11.1. The molecule has 3 rings (SSSR count). The van der Waals surface area contributed by atoms with E-state index >= 15 is 0 Å². The van der Waals surface area contributed by atoms with E-state index in [1.165, 1.54) is 12.1 Å². The molecule has 2 aromatic carbocycles. The van der Waals surface area contributed by atoms with Gasteiger partial charge in [0, 0.05) is 10.5 Å². The van der Waals surface area contributed by atoms with E-state index in [0.717, 1.165) is 4.47 Å². The molecule has 0 bridgehead atoms. The van der Waals surface area contributed by atoms with Crippen molar-refractivity contribution < 1.29 is 14.5 Å². The second kappa shape index (κ2) is 6.13. The highest BCUT2D eigenvalue weighted by molar-refractivity contribution is 9.10. The van der Waals surface area contributed by atoms with Gasteiger partial charge < -0.3 is 4.74 Å². The Labute approximate surface area is 139 Å². The van der Waals surface area contributed by atoms with Gasteiger partial charge >= 0.3 is 5.97 Å². The van der Waals surface area contributed by atoms with E-state index < -0.39 is 10.9 Å². The number of nitro benzene ring substituents is 1. The number of cyclic esters (lactones) is 1. The van der Waals surface area contributed by atoms with E-state index in [1.54, 1.807) is 36.4 Å². The molecule has 0 atom stereocenters. The number of benzene rings is 2. The third kappa shape index (κ3) is 3.04. The van der Waals surface area contributed by atoms with Gasteiger partial charge in [0.1, 0.15) is 0 Å². The molecule has 6 nitrogen and oxygen atoms in total. The quantitative estimate of drug-likeness (QED) is 0.356. The van der Waals surface area contributed by atoms with E-state index in [9.17, 15) is 14.9 Å². The number of esters is 1. The maximum Gasteiger partial charge on any atom is 0.363 e. The molecular formula is C16H9BrN2O4. The zero-order valence-electron chi connectivity index (χ0n) is 11.6. The fraction of sp³-hybridized carbons (Fsp3) is 0. The molecule has 0 N–H and O–H groups in total. The van der Waals surface area contributed by atoms with Gasteiger partial charge in [-0.3, -0.25) is 10.1 Å². The minimum absolute atomic E-state index is 0.0186. The average Bonchev–Trinajstić information content (AvgIpc) is 2.89. The SMILES string of the molecule is O=C1OC(c2ccccc2Br)=N/C1=C/c1ccccc1[N+](=O)[O-]. The summed E-state index contributed by atoms with van der Waals surface area (Å²) in [6.07, 6.45) is 1.35. The molecule has 1 heterocycles. The van der Waals surface area contributed by atoms with Crippen molar-refractivity contribution in [3.05, 3.63) is 79.9 Å². The lowest BCUT2D eigenvalue weighted by Crippen LogP contribution is -2.05. The van der Waals surface area contributed by atoms with Crippen molar-refractivity contribution in [1.29, 1.82) is 0 Å². The Kier molecular flexibility index (Phi) is 4.03. The number of carbonyl (C=O) groups is 1. The van der Waals surface area contributed by atoms with Crippen molar-refractivity contribution in [2.75, 3.05) is 0 Å². The van der Waals surface area contributed by atoms with Crippen LogP contribution in [0.3, 0.4) is 0 Å². The highest BCUT2D eigenvalue weighted by atomic mass is 79.9. The number of hydrogen-bond acceptors (Lipinski definition) is 5. The molecular weight excluding hydrogens is 364 g/mol. The van der Waals surface area contributed by atoms with Gasteiger partial charge in [0.25, 0.3) is 5.69 Å². The van der Waals surface area contributed by atoms with E-state index in [1.807, 2.05) is 6.07 Å². The highest BCUT2D eigenvalue weighted by Crippen LogP contribution is 2.26. The molecule has 0 radical (unpaired) electrons. The molecule has 0 saturated carbocycles. The maximum absolute atomic E-state index is 12.0. The van der Waals surface area contributed by atoms with Gasteiger partial charge in [0.05, 0.1) is 16.1 Å². The number of halogens is 1. The largest absolute Gasteiger partial charge is 0.402 e. The number of hydrogen-bond donors (Lipinski definition) is 0. The zero-order valence-corrected chi connectivity index (χ0v) is 13.2. The molecule has 7 heteroatoms. The smallest absolute Gasteiger partial charge is 0.363 e. The Morgan fingerprint density at radius 2 is 1.83 bits per heavy atom. The van der Waals surface area contributed by atoms with E-state index in [0.29, 0.717) is 11.1 Å². The van der Waals surface area contributed by atoms with Crippen LogP contribution in [-0.4, -0.2) is 16.8 Å². The number of aliphatic imine (C=N–C) groups is 1. The lowest BCUT2D eigenvalue weighted by molar-refractivity contribution is -0.385. The van der Waals surface area contributed by atoms with Gasteiger partial charge in [0.15, 0.2) is 5.70 Å². The van der Waals surface area contributed by atoms with Crippen LogP contribution in [-0.2, 0) is 9.53 Å². The first-order valence-corrected chi connectivity index (χ1v) is 7.36. The summed E-state index contributed by atoms with van der Waals surface area (Å²) in [4.78, 5) is 26.6. The lowest BCUT2D eigenvalue weighted by atomic mass is 10.1. The van der Waals surface area contributed by atoms with Crippen LogP contribution >= 0.6 is 15.9 Å². The second-order valence-electron chi connectivity index (χ2n) is 4.63. The van der Waals surface area contributed by atoms with Gasteiger partial charge in [-0.2, -0.15) is 0 Å². The average molecular weight is 373 g/mol. The first-order valence-electron chi connectivity index (χ1n) is 6.57. The van der Waals surface area contributed by atoms with Crippen molar-refractivity contribution in [2.45, 2.75) is 0 Å². The summed E-state index contributed by atoms with van der Waals surface area (Å²) >= 11 is 3.36. The van der Waals surface area contributed by atoms with Crippen molar-refractivity contribution >= 4 is 39.6 Å². The zero-order chi connectivity index (χ0) is 16.4. The minimum Gasteiger partial charge on any atom is -0.402 e. The number of nitrogens with zero attached hydrogens (tertiary/aromatic N) is 2. The Balaban J connectivity index is 2.03. The summed E-state index contributed by atoms with van der Waals surface area (Å²) in [6.45, 7) is 0. The molecule has 0 unspecified atom stereocenters. The Morgan fingerprint density at radius 3 is 2.57 bits per heavy atom. The molecule has 114 valence electrons. The number of ether oxygens (including phenoxy) is 1. The second-order valence-corrected chi connectivity index (χ2v) is 5.49. The Bertz CT molecular complexity index is 874. The molecule has 0 amide bonds. The molecule has 2 aromatic rings. The molecule has 0 aromatic heterocycles. The predicted molar refractivity (Wildman–Crippen MR) is 87.8 cm³/mol. The summed E-state index contributed by atoms with van der Waals surface area (Å²) in [6, 6.07) is 13.3. The fourth-order valence-electron chi connectivity index (χ4n) is 2.08.